The third kappa shape index (κ3) is 2.14. The van der Waals surface area contributed by atoms with Gasteiger partial charge in [0.2, 0.25) is 0 Å². The van der Waals surface area contributed by atoms with E-state index in [1.807, 2.05) is 6.92 Å². The van der Waals surface area contributed by atoms with Crippen LogP contribution in [0.15, 0.2) is 0 Å². The summed E-state index contributed by atoms with van der Waals surface area (Å²) in [5.41, 5.74) is 0.789. The van der Waals surface area contributed by atoms with Gasteiger partial charge in [0.15, 0.2) is 0 Å². The predicted octanol–water partition coefficient (Wildman–Crippen LogP) is 1.12. The average Bonchev–Trinajstić information content (AvgIpc) is 2.15. The predicted molar refractivity (Wildman–Crippen MR) is 39.1 cm³/mol. The second kappa shape index (κ2) is 2.97. The summed E-state index contributed by atoms with van der Waals surface area (Å²) in [4.78, 5) is 2.34. The van der Waals surface area contributed by atoms with Gasteiger partial charge >= 0.3 is 0 Å². The van der Waals surface area contributed by atoms with Crippen molar-refractivity contribution in [2.24, 2.45) is 0 Å². The van der Waals surface area contributed by atoms with Crippen molar-refractivity contribution >= 4 is 5.71 Å². The van der Waals surface area contributed by atoms with E-state index < -0.39 is 0 Å². The highest BCUT2D eigenvalue weighted by Gasteiger charge is 2.10. The van der Waals surface area contributed by atoms with E-state index >= 15 is 0 Å². The summed E-state index contributed by atoms with van der Waals surface area (Å²) in [6, 6.07) is 0. The van der Waals surface area contributed by atoms with Crippen molar-refractivity contribution in [2.45, 2.75) is 19.8 Å². The zero-order valence-electron chi connectivity index (χ0n) is 5.98. The minimum Gasteiger partial charge on any atom is -0.309 e. The Bertz CT molecular complexity index is 103. The molecule has 1 fully saturated rings. The van der Waals surface area contributed by atoms with Crippen LogP contribution in [0.25, 0.3) is 0 Å². The molecule has 0 aromatic heterocycles. The van der Waals surface area contributed by atoms with Crippen molar-refractivity contribution in [3.8, 4) is 0 Å². The number of hydrogen-bond acceptors (Lipinski definition) is 2. The van der Waals surface area contributed by atoms with Gasteiger partial charge in [0.05, 0.1) is 0 Å². The van der Waals surface area contributed by atoms with Crippen LogP contribution < -0.4 is 0 Å². The first-order chi connectivity index (χ1) is 4.29. The first-order valence-corrected chi connectivity index (χ1v) is 3.55. The smallest absolute Gasteiger partial charge is 0.0357 e. The Hall–Kier alpha value is -0.370. The molecule has 2 heteroatoms. The molecule has 1 N–H and O–H groups in total. The summed E-state index contributed by atoms with van der Waals surface area (Å²) in [6.45, 7) is 5.17. The molecule has 0 amide bonds. The summed E-state index contributed by atoms with van der Waals surface area (Å²) >= 11 is 0. The van der Waals surface area contributed by atoms with Crippen molar-refractivity contribution in [3.63, 3.8) is 0 Å². The van der Waals surface area contributed by atoms with E-state index in [4.69, 9.17) is 5.41 Å². The number of nitrogens with one attached hydrogen (secondary N) is 1. The van der Waals surface area contributed by atoms with Crippen LogP contribution in [0.3, 0.4) is 0 Å². The topological polar surface area (TPSA) is 27.1 Å². The summed E-state index contributed by atoms with van der Waals surface area (Å²) in [5, 5.41) is 7.22. The van der Waals surface area contributed by atoms with E-state index in [2.05, 4.69) is 4.90 Å². The SMILES string of the molecule is CC(=N)CN1CCCC1. The fourth-order valence-corrected chi connectivity index (χ4v) is 1.28. The summed E-state index contributed by atoms with van der Waals surface area (Å²) in [6.07, 6.45) is 2.65. The Balaban J connectivity index is 2.19. The third-order valence-electron chi connectivity index (χ3n) is 1.66. The van der Waals surface area contributed by atoms with Gasteiger partial charge in [0.25, 0.3) is 0 Å². The van der Waals surface area contributed by atoms with Gasteiger partial charge in [0.1, 0.15) is 0 Å². The number of rotatable bonds is 2. The zero-order chi connectivity index (χ0) is 6.69. The fraction of sp³-hybridized carbons (Fsp3) is 0.857. The maximum absolute atomic E-state index is 7.22. The zero-order valence-corrected chi connectivity index (χ0v) is 5.98. The molecule has 0 aliphatic carbocycles. The van der Waals surface area contributed by atoms with Crippen LogP contribution in [0, 0.1) is 5.41 Å². The average molecular weight is 126 g/mol. The summed E-state index contributed by atoms with van der Waals surface area (Å²) in [5.74, 6) is 0. The molecule has 1 saturated heterocycles. The van der Waals surface area contributed by atoms with E-state index in [-0.39, 0.29) is 0 Å². The molecule has 0 spiro atoms. The molecule has 1 aliphatic heterocycles. The summed E-state index contributed by atoms with van der Waals surface area (Å²) in [7, 11) is 0. The van der Waals surface area contributed by atoms with Gasteiger partial charge in [-0.25, -0.2) is 0 Å². The van der Waals surface area contributed by atoms with E-state index in [1.54, 1.807) is 0 Å². The molecule has 0 aromatic carbocycles. The molecule has 0 saturated carbocycles. The Morgan fingerprint density at radius 3 is 2.44 bits per heavy atom. The van der Waals surface area contributed by atoms with Crippen LogP contribution in [0.2, 0.25) is 0 Å². The quantitative estimate of drug-likeness (QED) is 0.551. The fourth-order valence-electron chi connectivity index (χ4n) is 1.28. The van der Waals surface area contributed by atoms with Gasteiger partial charge in [-0.05, 0) is 32.9 Å². The lowest BCUT2D eigenvalue weighted by atomic mass is 10.4. The van der Waals surface area contributed by atoms with Crippen LogP contribution in [-0.2, 0) is 0 Å². The van der Waals surface area contributed by atoms with E-state index in [9.17, 15) is 0 Å². The van der Waals surface area contributed by atoms with E-state index in [0.717, 1.165) is 12.3 Å². The van der Waals surface area contributed by atoms with Crippen LogP contribution in [-0.4, -0.2) is 30.2 Å². The minimum atomic E-state index is 0.789. The van der Waals surface area contributed by atoms with Crippen LogP contribution in [0.4, 0.5) is 0 Å². The minimum absolute atomic E-state index is 0.789. The van der Waals surface area contributed by atoms with E-state index in [0.29, 0.717) is 0 Å². The molecule has 1 aliphatic rings. The lowest BCUT2D eigenvalue weighted by Crippen LogP contribution is -2.24. The monoisotopic (exact) mass is 126 g/mol. The maximum Gasteiger partial charge on any atom is 0.0357 e. The molecule has 2 nitrogen and oxygen atoms in total. The highest BCUT2D eigenvalue weighted by Crippen LogP contribution is 2.05. The van der Waals surface area contributed by atoms with Crippen molar-refractivity contribution in [1.82, 2.24) is 4.90 Å². The van der Waals surface area contributed by atoms with Crippen molar-refractivity contribution in [2.75, 3.05) is 19.6 Å². The normalized spacial score (nSPS) is 20.6. The molecule has 0 bridgehead atoms. The molecule has 0 radical (unpaired) electrons. The molecule has 0 atom stereocenters. The molecule has 52 valence electrons. The highest BCUT2D eigenvalue weighted by molar-refractivity contribution is 5.80. The largest absolute Gasteiger partial charge is 0.309 e. The Morgan fingerprint density at radius 1 is 1.44 bits per heavy atom. The van der Waals surface area contributed by atoms with Gasteiger partial charge in [-0.2, -0.15) is 0 Å². The van der Waals surface area contributed by atoms with Gasteiger partial charge in [-0.1, -0.05) is 0 Å². The summed E-state index contributed by atoms with van der Waals surface area (Å²) < 4.78 is 0. The lowest BCUT2D eigenvalue weighted by Gasteiger charge is -2.11. The van der Waals surface area contributed by atoms with Gasteiger partial charge in [-0.3, -0.25) is 4.90 Å². The van der Waals surface area contributed by atoms with Gasteiger partial charge < -0.3 is 5.41 Å². The first kappa shape index (κ1) is 6.75. The van der Waals surface area contributed by atoms with Gasteiger partial charge in [0, 0.05) is 12.3 Å². The Kier molecular flexibility index (Phi) is 2.22. The maximum atomic E-state index is 7.22. The van der Waals surface area contributed by atoms with Crippen LogP contribution >= 0.6 is 0 Å². The molecule has 1 heterocycles. The molecular weight excluding hydrogens is 112 g/mol. The second-order valence-electron chi connectivity index (χ2n) is 2.76. The lowest BCUT2D eigenvalue weighted by molar-refractivity contribution is 0.387. The van der Waals surface area contributed by atoms with E-state index in [1.165, 1.54) is 25.9 Å². The molecule has 0 aromatic rings. The van der Waals surface area contributed by atoms with Gasteiger partial charge in [-0.15, -0.1) is 0 Å². The van der Waals surface area contributed by atoms with Crippen molar-refractivity contribution in [3.05, 3.63) is 0 Å². The first-order valence-electron chi connectivity index (χ1n) is 3.55. The number of nitrogens with zero attached hydrogens (tertiary/aromatic N) is 1. The standard InChI is InChI=1S/C7H14N2/c1-7(8)6-9-4-2-3-5-9/h8H,2-6H2,1H3. The Labute approximate surface area is 56.4 Å². The van der Waals surface area contributed by atoms with Crippen molar-refractivity contribution < 1.29 is 0 Å². The Morgan fingerprint density at radius 2 is 2.00 bits per heavy atom. The second-order valence-corrected chi connectivity index (χ2v) is 2.76. The van der Waals surface area contributed by atoms with Crippen LogP contribution in [0.1, 0.15) is 19.8 Å². The van der Waals surface area contributed by atoms with Crippen LogP contribution in [0.5, 0.6) is 0 Å². The highest BCUT2D eigenvalue weighted by atomic mass is 15.1. The molecular formula is C7H14N2. The number of likely N-dealkylation sites (tertiary alicyclic amines) is 1. The molecule has 1 rings (SSSR count). The van der Waals surface area contributed by atoms with Crippen molar-refractivity contribution in [1.29, 1.82) is 5.41 Å². The molecule has 9 heavy (non-hydrogen) atoms. The number of hydrogen-bond donors (Lipinski definition) is 1. The third-order valence-corrected chi connectivity index (χ3v) is 1.66. The molecule has 0 unspecified atom stereocenters.